The van der Waals surface area contributed by atoms with E-state index in [4.69, 9.17) is 9.72 Å². The van der Waals surface area contributed by atoms with Gasteiger partial charge >= 0.3 is 6.18 Å². The zero-order chi connectivity index (χ0) is 30.4. The molecule has 3 saturated heterocycles. The normalized spacial score (nSPS) is 23.6. The van der Waals surface area contributed by atoms with Crippen LogP contribution in [0.2, 0.25) is 0 Å². The van der Waals surface area contributed by atoms with Crippen LogP contribution in [-0.2, 0) is 39.0 Å². The zero-order valence-electron chi connectivity index (χ0n) is 24.1. The molecule has 6 rings (SSSR count). The number of piperidine rings is 1. The van der Waals surface area contributed by atoms with Gasteiger partial charge in [0.25, 0.3) is 0 Å². The Bertz CT molecular complexity index is 1380. The van der Waals surface area contributed by atoms with E-state index in [0.29, 0.717) is 81.6 Å². The van der Waals surface area contributed by atoms with Crippen LogP contribution in [0, 0.1) is 18.7 Å². The minimum Gasteiger partial charge on any atom is -0.381 e. The van der Waals surface area contributed by atoms with E-state index in [1.165, 1.54) is 12.1 Å². The summed E-state index contributed by atoms with van der Waals surface area (Å²) in [7, 11) is 0. The molecule has 2 aromatic rings. The number of halogens is 4. The molecule has 1 unspecified atom stereocenters. The number of aryl methyl sites for hydroxylation is 1. The number of hydrogen-bond donors (Lipinski definition) is 2. The lowest BCUT2D eigenvalue weighted by Crippen LogP contribution is -2.58. The number of carbonyl (C=O) groups is 2. The SMILES string of the molecule is Cc1nc(NCc2cccc(C(F)(F)F)c2F)c2c(n1)C1(CCNC1)C(=O)N(C1CCN(C(=O)C3CCOCC3)CC1)C2. The van der Waals surface area contributed by atoms with Gasteiger partial charge in [-0.1, -0.05) is 12.1 Å². The molecule has 0 saturated carbocycles. The van der Waals surface area contributed by atoms with E-state index >= 15 is 0 Å². The molecule has 1 atom stereocenters. The summed E-state index contributed by atoms with van der Waals surface area (Å²) in [5, 5.41) is 6.39. The predicted octanol–water partition coefficient (Wildman–Crippen LogP) is 3.55. The fourth-order valence-corrected chi connectivity index (χ4v) is 6.99. The number of likely N-dealkylation sites (tertiary alicyclic amines) is 1. The van der Waals surface area contributed by atoms with E-state index in [9.17, 15) is 27.2 Å². The van der Waals surface area contributed by atoms with Crippen molar-refractivity contribution in [2.45, 2.75) is 69.8 Å². The highest BCUT2D eigenvalue weighted by atomic mass is 19.4. The van der Waals surface area contributed by atoms with Crippen LogP contribution in [-0.4, -0.2) is 77.0 Å². The van der Waals surface area contributed by atoms with Crippen molar-refractivity contribution >= 4 is 17.6 Å². The number of nitrogens with one attached hydrogen (secondary N) is 2. The monoisotopic (exact) mass is 604 g/mol. The second-order valence-electron chi connectivity index (χ2n) is 12.0. The summed E-state index contributed by atoms with van der Waals surface area (Å²) in [5.74, 6) is -0.388. The van der Waals surface area contributed by atoms with Gasteiger partial charge in [-0.15, -0.1) is 0 Å². The maximum absolute atomic E-state index is 14.8. The number of ether oxygens (including phenoxy) is 1. The standard InChI is InChI=1S/C30H36F4N6O3/c1-18-37-25-22(26(38-18)36-15-20-3-2-4-23(24(20)31)30(32,33)34)16-40(28(42)29(25)9-10-35-17-29)21-5-11-39(12-6-21)27(41)19-7-13-43-14-8-19/h2-4,19,21,35H,5-17H2,1H3,(H,36,37,38). The molecule has 9 nitrogen and oxygen atoms in total. The van der Waals surface area contributed by atoms with Crippen molar-refractivity contribution in [3.05, 3.63) is 52.2 Å². The summed E-state index contributed by atoms with van der Waals surface area (Å²) in [5.41, 5.74) is -1.04. The lowest BCUT2D eigenvalue weighted by atomic mass is 9.76. The van der Waals surface area contributed by atoms with Gasteiger partial charge in [0, 0.05) is 62.5 Å². The van der Waals surface area contributed by atoms with Crippen LogP contribution in [0.25, 0.3) is 0 Å². The van der Waals surface area contributed by atoms with Crippen molar-refractivity contribution in [2.75, 3.05) is 44.7 Å². The molecular formula is C30H36F4N6O3. The maximum Gasteiger partial charge on any atom is 0.419 e. The number of carbonyl (C=O) groups excluding carboxylic acids is 2. The van der Waals surface area contributed by atoms with Gasteiger partial charge in [-0.25, -0.2) is 14.4 Å². The molecule has 0 radical (unpaired) electrons. The van der Waals surface area contributed by atoms with Crippen LogP contribution in [0.3, 0.4) is 0 Å². The zero-order valence-corrected chi connectivity index (χ0v) is 24.1. The molecule has 13 heteroatoms. The van der Waals surface area contributed by atoms with Gasteiger partial charge in [0.05, 0.1) is 17.8 Å². The predicted molar refractivity (Wildman–Crippen MR) is 148 cm³/mol. The van der Waals surface area contributed by atoms with Gasteiger partial charge in [-0.3, -0.25) is 9.59 Å². The molecule has 232 valence electrons. The second kappa shape index (κ2) is 11.6. The molecule has 2 N–H and O–H groups in total. The van der Waals surface area contributed by atoms with Gasteiger partial charge < -0.3 is 25.2 Å². The van der Waals surface area contributed by atoms with Crippen LogP contribution in [0.15, 0.2) is 18.2 Å². The summed E-state index contributed by atoms with van der Waals surface area (Å²) in [6, 6.07) is 3.12. The Morgan fingerprint density at radius 1 is 1.16 bits per heavy atom. The second-order valence-corrected chi connectivity index (χ2v) is 12.0. The van der Waals surface area contributed by atoms with E-state index in [2.05, 4.69) is 15.6 Å². The van der Waals surface area contributed by atoms with Crippen molar-refractivity contribution in [3.8, 4) is 0 Å². The molecule has 1 aromatic heterocycles. The average Bonchev–Trinajstić information content (AvgIpc) is 3.49. The number of hydrogen-bond acceptors (Lipinski definition) is 7. The van der Waals surface area contributed by atoms with Gasteiger partial charge in [-0.05, 0) is 51.6 Å². The van der Waals surface area contributed by atoms with Gasteiger partial charge in [0.2, 0.25) is 11.8 Å². The third-order valence-electron chi connectivity index (χ3n) is 9.34. The Morgan fingerprint density at radius 2 is 1.91 bits per heavy atom. The van der Waals surface area contributed by atoms with Crippen LogP contribution < -0.4 is 10.6 Å². The molecule has 0 aliphatic carbocycles. The van der Waals surface area contributed by atoms with Crippen LogP contribution in [0.1, 0.15) is 60.3 Å². The number of alkyl halides is 3. The lowest BCUT2D eigenvalue weighted by molar-refractivity contribution is -0.145. The van der Waals surface area contributed by atoms with Crippen LogP contribution in [0.4, 0.5) is 23.4 Å². The molecule has 43 heavy (non-hydrogen) atoms. The molecule has 1 aromatic carbocycles. The highest BCUT2D eigenvalue weighted by Gasteiger charge is 2.53. The summed E-state index contributed by atoms with van der Waals surface area (Å²) in [4.78, 5) is 40.4. The number of aromatic nitrogens is 2. The van der Waals surface area contributed by atoms with Crippen molar-refractivity contribution in [3.63, 3.8) is 0 Å². The van der Waals surface area contributed by atoms with Gasteiger partial charge in [-0.2, -0.15) is 13.2 Å². The van der Waals surface area contributed by atoms with E-state index in [1.807, 2.05) is 9.80 Å². The quantitative estimate of drug-likeness (QED) is 0.504. The Balaban J connectivity index is 1.25. The molecule has 2 amide bonds. The summed E-state index contributed by atoms with van der Waals surface area (Å²) >= 11 is 0. The fraction of sp³-hybridized carbons (Fsp3) is 0.600. The number of nitrogens with zero attached hydrogens (tertiary/aromatic N) is 4. The van der Waals surface area contributed by atoms with Gasteiger partial charge in [0.1, 0.15) is 22.9 Å². The average molecular weight is 605 g/mol. The smallest absolute Gasteiger partial charge is 0.381 e. The van der Waals surface area contributed by atoms with E-state index in [0.717, 1.165) is 18.9 Å². The van der Waals surface area contributed by atoms with Crippen molar-refractivity contribution in [1.29, 1.82) is 0 Å². The Kier molecular flexibility index (Phi) is 8.05. The van der Waals surface area contributed by atoms with Crippen molar-refractivity contribution < 1.29 is 31.9 Å². The first-order valence-electron chi connectivity index (χ1n) is 14.9. The number of benzene rings is 1. The van der Waals surface area contributed by atoms with Crippen LogP contribution >= 0.6 is 0 Å². The molecule has 5 heterocycles. The Morgan fingerprint density at radius 3 is 2.58 bits per heavy atom. The molecule has 4 aliphatic heterocycles. The number of fused-ring (bicyclic) bond motifs is 2. The highest BCUT2D eigenvalue weighted by molar-refractivity contribution is 5.91. The van der Waals surface area contributed by atoms with E-state index in [1.54, 1.807) is 6.92 Å². The minimum absolute atomic E-state index is 0.00724. The number of rotatable bonds is 5. The first-order chi connectivity index (χ1) is 20.6. The molecule has 3 fully saturated rings. The maximum atomic E-state index is 14.8. The lowest BCUT2D eigenvalue weighted by Gasteiger charge is -2.46. The summed E-state index contributed by atoms with van der Waals surface area (Å²) in [6.07, 6.45) is -1.51. The Labute approximate surface area is 247 Å². The number of amides is 2. The molecular weight excluding hydrogens is 568 g/mol. The first kappa shape index (κ1) is 29.7. The van der Waals surface area contributed by atoms with Crippen molar-refractivity contribution in [2.24, 2.45) is 5.92 Å². The topological polar surface area (TPSA) is 99.7 Å². The summed E-state index contributed by atoms with van der Waals surface area (Å²) in [6.45, 7) is 5.08. The Hall–Kier alpha value is -3.32. The van der Waals surface area contributed by atoms with E-state index < -0.39 is 23.0 Å². The summed E-state index contributed by atoms with van der Waals surface area (Å²) < 4.78 is 60.1. The fourth-order valence-electron chi connectivity index (χ4n) is 6.99. The van der Waals surface area contributed by atoms with Crippen LogP contribution in [0.5, 0.6) is 0 Å². The third-order valence-corrected chi connectivity index (χ3v) is 9.34. The largest absolute Gasteiger partial charge is 0.419 e. The number of anilines is 1. The molecule has 4 aliphatic rings. The van der Waals surface area contributed by atoms with E-state index in [-0.39, 0.29) is 42.4 Å². The first-order valence-corrected chi connectivity index (χ1v) is 14.9. The highest BCUT2D eigenvalue weighted by Crippen LogP contribution is 2.42. The molecule has 0 bridgehead atoms. The third kappa shape index (κ3) is 5.57. The van der Waals surface area contributed by atoms with Crippen molar-refractivity contribution in [1.82, 2.24) is 25.1 Å². The minimum atomic E-state index is -4.81. The van der Waals surface area contributed by atoms with Gasteiger partial charge in [0.15, 0.2) is 0 Å². The molecule has 1 spiro atoms.